The molecule has 4 rings (SSSR count). The van der Waals surface area contributed by atoms with Crippen LogP contribution in [0.5, 0.6) is 5.75 Å². The van der Waals surface area contributed by atoms with Gasteiger partial charge >= 0.3 is 0 Å². The topological polar surface area (TPSA) is 85.4 Å². The average molecular weight is 314 g/mol. The van der Waals surface area contributed by atoms with Gasteiger partial charge in [0.15, 0.2) is 0 Å². The Morgan fingerprint density at radius 2 is 2.00 bits per heavy atom. The zero-order valence-electron chi connectivity index (χ0n) is 13.2. The van der Waals surface area contributed by atoms with Crippen molar-refractivity contribution in [3.63, 3.8) is 0 Å². The lowest BCUT2D eigenvalue weighted by Gasteiger charge is -2.48. The Morgan fingerprint density at radius 3 is 2.74 bits per heavy atom. The fourth-order valence-corrected chi connectivity index (χ4v) is 5.45. The molecule has 2 fully saturated rings. The molecule has 3 aliphatic carbocycles. The van der Waals surface area contributed by atoms with Gasteiger partial charge in [-0.25, -0.2) is 0 Å². The summed E-state index contributed by atoms with van der Waals surface area (Å²) in [5.74, 6) is 1.67. The van der Waals surface area contributed by atoms with Gasteiger partial charge in [0.2, 0.25) is 0 Å². The third-order valence-electron chi connectivity index (χ3n) is 6.55. The van der Waals surface area contributed by atoms with Gasteiger partial charge in [0.25, 0.3) is 0 Å². The van der Waals surface area contributed by atoms with Crippen LogP contribution in [0, 0.1) is 17.3 Å². The lowest BCUT2D eigenvalue weighted by atomic mass is 9.55. The van der Waals surface area contributed by atoms with Gasteiger partial charge in [-0.05, 0) is 73.1 Å². The molecule has 0 saturated heterocycles. The van der Waals surface area contributed by atoms with E-state index in [0.29, 0.717) is 41.3 Å². The number of phenolic OH excluding ortho intramolecular Hbond substituents is 1. The second-order valence-corrected chi connectivity index (χ2v) is 7.45. The summed E-state index contributed by atoms with van der Waals surface area (Å²) < 4.78 is 0. The van der Waals surface area contributed by atoms with Gasteiger partial charge in [0, 0.05) is 5.41 Å². The Kier molecular flexibility index (Phi) is 3.15. The van der Waals surface area contributed by atoms with Crippen LogP contribution in [-0.4, -0.2) is 26.9 Å². The van der Waals surface area contributed by atoms with Crippen LogP contribution in [0.25, 0.3) is 0 Å². The molecule has 23 heavy (non-hydrogen) atoms. The fraction of sp³-hybridized carbons (Fsp3) is 0.556. The second kappa shape index (κ2) is 4.98. The van der Waals surface area contributed by atoms with Crippen molar-refractivity contribution in [3.8, 4) is 5.75 Å². The first-order valence-corrected chi connectivity index (χ1v) is 8.34. The summed E-state index contributed by atoms with van der Waals surface area (Å²) in [6, 6.07) is 5.75. The van der Waals surface area contributed by atoms with E-state index in [1.54, 1.807) is 6.07 Å². The van der Waals surface area contributed by atoms with Gasteiger partial charge in [-0.3, -0.25) is 0 Å². The highest BCUT2D eigenvalue weighted by Gasteiger charge is 2.56. The SMILES string of the molecule is C[C@]12CCC3c4ccc(O)cc4CCC3C1CC(=N\O)/C2=N/O. The number of benzene rings is 1. The van der Waals surface area contributed by atoms with Crippen LogP contribution >= 0.6 is 0 Å². The normalized spacial score (nSPS) is 39.1. The van der Waals surface area contributed by atoms with Crippen LogP contribution < -0.4 is 0 Å². The van der Waals surface area contributed by atoms with E-state index < -0.39 is 0 Å². The van der Waals surface area contributed by atoms with Crippen molar-refractivity contribution in [1.29, 1.82) is 0 Å². The van der Waals surface area contributed by atoms with Gasteiger partial charge in [-0.15, -0.1) is 0 Å². The molecule has 4 atom stereocenters. The first-order chi connectivity index (χ1) is 11.1. The molecule has 0 radical (unpaired) electrons. The number of aryl methyl sites for hydroxylation is 1. The van der Waals surface area contributed by atoms with Crippen LogP contribution in [0.1, 0.15) is 49.7 Å². The Bertz CT molecular complexity index is 712. The highest BCUT2D eigenvalue weighted by atomic mass is 16.4. The number of oxime groups is 2. The molecule has 3 unspecified atom stereocenters. The van der Waals surface area contributed by atoms with Crippen molar-refractivity contribution < 1.29 is 15.5 Å². The summed E-state index contributed by atoms with van der Waals surface area (Å²) in [6.45, 7) is 2.15. The molecule has 3 N–H and O–H groups in total. The number of hydrogen-bond acceptors (Lipinski definition) is 5. The largest absolute Gasteiger partial charge is 0.508 e. The average Bonchev–Trinajstić information content (AvgIpc) is 2.85. The number of rotatable bonds is 0. The predicted molar refractivity (Wildman–Crippen MR) is 86.5 cm³/mol. The third kappa shape index (κ3) is 1.92. The number of nitrogens with zero attached hydrogens (tertiary/aromatic N) is 2. The molecule has 0 spiro atoms. The number of phenols is 1. The molecule has 0 aromatic heterocycles. The minimum atomic E-state index is -0.202. The third-order valence-corrected chi connectivity index (χ3v) is 6.55. The van der Waals surface area contributed by atoms with Gasteiger partial charge < -0.3 is 15.5 Å². The zero-order chi connectivity index (χ0) is 16.2. The first kappa shape index (κ1) is 14.5. The smallest absolute Gasteiger partial charge is 0.115 e. The van der Waals surface area contributed by atoms with E-state index in [-0.39, 0.29) is 5.41 Å². The molecule has 0 heterocycles. The minimum absolute atomic E-state index is 0.202. The molecular formula is C18H22N2O3. The van der Waals surface area contributed by atoms with Crippen molar-refractivity contribution in [2.75, 3.05) is 0 Å². The van der Waals surface area contributed by atoms with Crippen molar-refractivity contribution in [2.45, 2.75) is 44.9 Å². The molecule has 122 valence electrons. The minimum Gasteiger partial charge on any atom is -0.508 e. The van der Waals surface area contributed by atoms with E-state index in [1.807, 2.05) is 6.07 Å². The Labute approximate surface area is 135 Å². The lowest BCUT2D eigenvalue weighted by Crippen LogP contribution is -2.42. The van der Waals surface area contributed by atoms with E-state index in [4.69, 9.17) is 0 Å². The molecular weight excluding hydrogens is 292 g/mol. The Balaban J connectivity index is 1.74. The standard InChI is InChI=1S/C18H22N2O3/c1-18-7-6-13-12-5-3-11(21)8-10(12)2-4-14(13)15(18)9-16(19-22)17(18)20-23/h3,5,8,13-15,21-23H,2,4,6-7,9H2,1H3/b19-16+,20-17-/t13?,14?,15?,18-/m0/s1. The zero-order valence-corrected chi connectivity index (χ0v) is 13.2. The maximum absolute atomic E-state index is 9.72. The maximum Gasteiger partial charge on any atom is 0.115 e. The maximum atomic E-state index is 9.72. The number of fused-ring (bicyclic) bond motifs is 5. The highest BCUT2D eigenvalue weighted by Crippen LogP contribution is 2.59. The van der Waals surface area contributed by atoms with Gasteiger partial charge in [-0.2, -0.15) is 0 Å². The van der Waals surface area contributed by atoms with E-state index in [9.17, 15) is 15.5 Å². The van der Waals surface area contributed by atoms with Crippen LogP contribution in [-0.2, 0) is 6.42 Å². The Hall–Kier alpha value is -2.04. The Morgan fingerprint density at radius 1 is 1.17 bits per heavy atom. The highest BCUT2D eigenvalue weighted by molar-refractivity contribution is 6.46. The van der Waals surface area contributed by atoms with Crippen molar-refractivity contribution in [1.82, 2.24) is 0 Å². The summed E-state index contributed by atoms with van der Waals surface area (Å²) in [4.78, 5) is 0. The summed E-state index contributed by atoms with van der Waals surface area (Å²) in [6.07, 6.45) is 4.68. The van der Waals surface area contributed by atoms with E-state index in [1.165, 1.54) is 11.1 Å². The molecule has 0 bridgehead atoms. The molecule has 2 saturated carbocycles. The summed E-state index contributed by atoms with van der Waals surface area (Å²) in [7, 11) is 0. The molecule has 0 aliphatic heterocycles. The van der Waals surface area contributed by atoms with Crippen LogP contribution in [0.2, 0.25) is 0 Å². The quantitative estimate of drug-likeness (QED) is 0.506. The van der Waals surface area contributed by atoms with Crippen LogP contribution in [0.15, 0.2) is 28.5 Å². The molecule has 3 aliphatic rings. The predicted octanol–water partition coefficient (Wildman–Crippen LogP) is 3.52. The summed E-state index contributed by atoms with van der Waals surface area (Å²) in [5, 5.41) is 35.3. The number of aromatic hydroxyl groups is 1. The lowest BCUT2D eigenvalue weighted by molar-refractivity contribution is 0.0963. The van der Waals surface area contributed by atoms with Crippen molar-refractivity contribution >= 4 is 11.4 Å². The number of hydrogen-bond donors (Lipinski definition) is 3. The first-order valence-electron chi connectivity index (χ1n) is 8.34. The van der Waals surface area contributed by atoms with Gasteiger partial charge in [0.05, 0.1) is 0 Å². The van der Waals surface area contributed by atoms with E-state index in [2.05, 4.69) is 23.3 Å². The van der Waals surface area contributed by atoms with Crippen LogP contribution in [0.4, 0.5) is 0 Å². The second-order valence-electron chi connectivity index (χ2n) is 7.45. The van der Waals surface area contributed by atoms with E-state index >= 15 is 0 Å². The van der Waals surface area contributed by atoms with E-state index in [0.717, 1.165) is 25.7 Å². The summed E-state index contributed by atoms with van der Waals surface area (Å²) in [5.41, 5.74) is 3.53. The summed E-state index contributed by atoms with van der Waals surface area (Å²) >= 11 is 0. The molecule has 5 heteroatoms. The molecule has 1 aromatic rings. The molecule has 1 aromatic carbocycles. The van der Waals surface area contributed by atoms with Gasteiger partial charge in [0.1, 0.15) is 17.2 Å². The van der Waals surface area contributed by atoms with Gasteiger partial charge in [-0.1, -0.05) is 23.3 Å². The monoisotopic (exact) mass is 314 g/mol. The fourth-order valence-electron chi connectivity index (χ4n) is 5.45. The molecule has 0 amide bonds. The molecule has 5 nitrogen and oxygen atoms in total. The van der Waals surface area contributed by atoms with Crippen LogP contribution in [0.3, 0.4) is 0 Å². The van der Waals surface area contributed by atoms with Crippen molar-refractivity contribution in [2.24, 2.45) is 27.6 Å². The van der Waals surface area contributed by atoms with Crippen molar-refractivity contribution in [3.05, 3.63) is 29.3 Å².